The second kappa shape index (κ2) is 6.94. The molecular weight excluding hydrogens is 264 g/mol. The highest BCUT2D eigenvalue weighted by atomic mass is 16.3. The Kier molecular flexibility index (Phi) is 5.23. The van der Waals surface area contributed by atoms with Crippen LogP contribution in [0.1, 0.15) is 36.2 Å². The highest BCUT2D eigenvalue weighted by Gasteiger charge is 2.23. The molecule has 1 aliphatic heterocycles. The molecule has 0 radical (unpaired) electrons. The second-order valence-electron chi connectivity index (χ2n) is 6.52. The van der Waals surface area contributed by atoms with E-state index < -0.39 is 0 Å². The lowest BCUT2D eigenvalue weighted by Crippen LogP contribution is -2.31. The number of nitrogens with one attached hydrogen (secondary N) is 1. The summed E-state index contributed by atoms with van der Waals surface area (Å²) in [5.41, 5.74) is 1.34. The average Bonchev–Trinajstić information content (AvgIpc) is 2.86. The van der Waals surface area contributed by atoms with Gasteiger partial charge >= 0.3 is 0 Å². The summed E-state index contributed by atoms with van der Waals surface area (Å²) in [6.07, 6.45) is 1.15. The van der Waals surface area contributed by atoms with E-state index in [2.05, 4.69) is 24.1 Å². The van der Waals surface area contributed by atoms with E-state index >= 15 is 0 Å². The maximum atomic E-state index is 12.1. The van der Waals surface area contributed by atoms with E-state index in [9.17, 15) is 9.90 Å². The van der Waals surface area contributed by atoms with E-state index in [4.69, 9.17) is 0 Å². The molecule has 1 aromatic rings. The van der Waals surface area contributed by atoms with Crippen molar-refractivity contribution in [1.29, 1.82) is 0 Å². The van der Waals surface area contributed by atoms with Crippen molar-refractivity contribution in [1.82, 2.24) is 10.2 Å². The molecule has 2 rings (SSSR count). The number of phenolic OH excluding ortho intramolecular Hbond substituents is 1. The van der Waals surface area contributed by atoms with E-state index in [1.807, 2.05) is 0 Å². The molecule has 1 aliphatic rings. The smallest absolute Gasteiger partial charge is 0.251 e. The van der Waals surface area contributed by atoms with E-state index in [1.54, 1.807) is 25.1 Å². The minimum Gasteiger partial charge on any atom is -0.508 e. The van der Waals surface area contributed by atoms with Gasteiger partial charge in [-0.25, -0.2) is 0 Å². The van der Waals surface area contributed by atoms with Crippen LogP contribution in [0.25, 0.3) is 0 Å². The number of rotatable bonds is 5. The molecule has 0 spiro atoms. The van der Waals surface area contributed by atoms with Crippen molar-refractivity contribution in [3.8, 4) is 5.75 Å². The normalized spacial score (nSPS) is 19.1. The predicted molar refractivity (Wildman–Crippen MR) is 84.6 cm³/mol. The lowest BCUT2D eigenvalue weighted by Gasteiger charge is -2.18. The van der Waals surface area contributed by atoms with Crippen LogP contribution in [0.4, 0.5) is 0 Å². The van der Waals surface area contributed by atoms with E-state index in [0.717, 1.165) is 38.2 Å². The summed E-state index contributed by atoms with van der Waals surface area (Å²) in [6.45, 7) is 10.4. The zero-order valence-corrected chi connectivity index (χ0v) is 13.2. The number of carbonyl (C=O) groups is 1. The number of amides is 1. The van der Waals surface area contributed by atoms with Gasteiger partial charge in [0.25, 0.3) is 5.91 Å². The van der Waals surface area contributed by atoms with Crippen LogP contribution in [-0.2, 0) is 0 Å². The molecule has 1 aromatic carbocycles. The molecule has 21 heavy (non-hydrogen) atoms. The topological polar surface area (TPSA) is 52.6 Å². The summed E-state index contributed by atoms with van der Waals surface area (Å²) >= 11 is 0. The first-order valence-corrected chi connectivity index (χ1v) is 7.76. The molecule has 1 saturated heterocycles. The van der Waals surface area contributed by atoms with Gasteiger partial charge in [0.05, 0.1) is 0 Å². The first-order chi connectivity index (χ1) is 9.95. The molecule has 4 heteroatoms. The molecule has 0 aliphatic carbocycles. The average molecular weight is 290 g/mol. The van der Waals surface area contributed by atoms with Gasteiger partial charge in [-0.2, -0.15) is 0 Å². The molecule has 1 fully saturated rings. The quantitative estimate of drug-likeness (QED) is 0.875. The molecular formula is C17H26N2O2. The number of nitrogens with zero attached hydrogens (tertiary/aromatic N) is 1. The standard InChI is InChI=1S/C17H26N2O2/c1-12(2)10-19-7-6-14(11-19)9-18-17(21)15-4-5-16(20)13(3)8-15/h4-5,8,12,14,20H,6-7,9-11H2,1-3H3,(H,18,21)/t14-/m0/s1. The molecule has 2 N–H and O–H groups in total. The van der Waals surface area contributed by atoms with Crippen molar-refractivity contribution in [2.75, 3.05) is 26.2 Å². The van der Waals surface area contributed by atoms with Crippen molar-refractivity contribution >= 4 is 5.91 Å². The van der Waals surface area contributed by atoms with Crippen molar-refractivity contribution in [2.45, 2.75) is 27.2 Å². The summed E-state index contributed by atoms with van der Waals surface area (Å²) in [7, 11) is 0. The highest BCUT2D eigenvalue weighted by molar-refractivity contribution is 5.94. The third kappa shape index (κ3) is 4.46. The number of hydrogen-bond donors (Lipinski definition) is 2. The highest BCUT2D eigenvalue weighted by Crippen LogP contribution is 2.18. The third-order valence-electron chi connectivity index (χ3n) is 4.00. The van der Waals surface area contributed by atoms with Gasteiger partial charge in [-0.05, 0) is 55.5 Å². The Morgan fingerprint density at radius 3 is 2.90 bits per heavy atom. The van der Waals surface area contributed by atoms with E-state index in [0.29, 0.717) is 17.4 Å². The number of aryl methyl sites for hydroxylation is 1. The summed E-state index contributed by atoms with van der Waals surface area (Å²) in [6, 6.07) is 4.96. The molecule has 1 heterocycles. The predicted octanol–water partition coefficient (Wildman–Crippen LogP) is 2.41. The van der Waals surface area contributed by atoms with Gasteiger partial charge in [0, 0.05) is 25.2 Å². The molecule has 0 saturated carbocycles. The Balaban J connectivity index is 1.80. The van der Waals surface area contributed by atoms with Crippen LogP contribution in [0.3, 0.4) is 0 Å². The largest absolute Gasteiger partial charge is 0.508 e. The van der Waals surface area contributed by atoms with Crippen molar-refractivity contribution < 1.29 is 9.90 Å². The van der Waals surface area contributed by atoms with Gasteiger partial charge in [0.15, 0.2) is 0 Å². The fourth-order valence-corrected chi connectivity index (χ4v) is 2.90. The number of aromatic hydroxyl groups is 1. The fourth-order valence-electron chi connectivity index (χ4n) is 2.90. The Morgan fingerprint density at radius 1 is 1.48 bits per heavy atom. The van der Waals surface area contributed by atoms with Crippen molar-refractivity contribution in [2.24, 2.45) is 11.8 Å². The zero-order chi connectivity index (χ0) is 15.4. The Hall–Kier alpha value is -1.55. The van der Waals surface area contributed by atoms with Crippen LogP contribution in [-0.4, -0.2) is 42.1 Å². The number of hydrogen-bond acceptors (Lipinski definition) is 3. The fraction of sp³-hybridized carbons (Fsp3) is 0.588. The van der Waals surface area contributed by atoms with E-state index in [-0.39, 0.29) is 11.7 Å². The van der Waals surface area contributed by atoms with Crippen LogP contribution < -0.4 is 5.32 Å². The van der Waals surface area contributed by atoms with Crippen LogP contribution in [0.5, 0.6) is 5.75 Å². The molecule has 1 amide bonds. The number of phenols is 1. The Morgan fingerprint density at radius 2 is 2.24 bits per heavy atom. The minimum absolute atomic E-state index is 0.0552. The summed E-state index contributed by atoms with van der Waals surface area (Å²) in [5, 5.41) is 12.5. The first-order valence-electron chi connectivity index (χ1n) is 7.76. The van der Waals surface area contributed by atoms with Crippen molar-refractivity contribution in [3.05, 3.63) is 29.3 Å². The van der Waals surface area contributed by atoms with Gasteiger partial charge in [-0.15, -0.1) is 0 Å². The van der Waals surface area contributed by atoms with Crippen LogP contribution >= 0.6 is 0 Å². The molecule has 0 aromatic heterocycles. The van der Waals surface area contributed by atoms with Crippen LogP contribution in [0.15, 0.2) is 18.2 Å². The SMILES string of the molecule is Cc1cc(C(=O)NC[C@@H]2CCN(CC(C)C)C2)ccc1O. The molecule has 0 unspecified atom stereocenters. The molecule has 1 atom stereocenters. The maximum absolute atomic E-state index is 12.1. The number of carbonyl (C=O) groups excluding carboxylic acids is 1. The summed E-state index contributed by atoms with van der Waals surface area (Å²) < 4.78 is 0. The van der Waals surface area contributed by atoms with Crippen molar-refractivity contribution in [3.63, 3.8) is 0 Å². The lowest BCUT2D eigenvalue weighted by atomic mass is 10.1. The zero-order valence-electron chi connectivity index (χ0n) is 13.2. The van der Waals surface area contributed by atoms with Gasteiger partial charge in [-0.3, -0.25) is 4.79 Å². The van der Waals surface area contributed by atoms with Crippen LogP contribution in [0.2, 0.25) is 0 Å². The Bertz CT molecular complexity index is 500. The Labute approximate surface area is 127 Å². The first kappa shape index (κ1) is 15.8. The summed E-state index contributed by atoms with van der Waals surface area (Å²) in [5.74, 6) is 1.41. The summed E-state index contributed by atoms with van der Waals surface area (Å²) in [4.78, 5) is 14.6. The third-order valence-corrected chi connectivity index (χ3v) is 4.00. The lowest BCUT2D eigenvalue weighted by molar-refractivity contribution is 0.0947. The van der Waals surface area contributed by atoms with Gasteiger partial charge in [0.1, 0.15) is 5.75 Å². The number of benzene rings is 1. The molecule has 116 valence electrons. The monoisotopic (exact) mass is 290 g/mol. The molecule has 4 nitrogen and oxygen atoms in total. The van der Waals surface area contributed by atoms with Crippen LogP contribution in [0, 0.1) is 18.8 Å². The van der Waals surface area contributed by atoms with E-state index in [1.165, 1.54) is 0 Å². The van der Waals surface area contributed by atoms with Gasteiger partial charge < -0.3 is 15.3 Å². The second-order valence-corrected chi connectivity index (χ2v) is 6.52. The molecule has 0 bridgehead atoms. The number of likely N-dealkylation sites (tertiary alicyclic amines) is 1. The van der Waals surface area contributed by atoms with Gasteiger partial charge in [0.2, 0.25) is 0 Å². The van der Waals surface area contributed by atoms with Gasteiger partial charge in [-0.1, -0.05) is 13.8 Å². The maximum Gasteiger partial charge on any atom is 0.251 e. The minimum atomic E-state index is -0.0552.